The largest absolute Gasteiger partial charge is 0.339 e. The third kappa shape index (κ3) is 2.93. The summed E-state index contributed by atoms with van der Waals surface area (Å²) in [5.41, 5.74) is 5.49. The van der Waals surface area contributed by atoms with E-state index in [2.05, 4.69) is 34.2 Å². The van der Waals surface area contributed by atoms with Gasteiger partial charge in [0.2, 0.25) is 0 Å². The zero-order valence-electron chi connectivity index (χ0n) is 14.8. The quantitative estimate of drug-likeness (QED) is 0.408. The van der Waals surface area contributed by atoms with E-state index in [4.69, 9.17) is 11.6 Å². The summed E-state index contributed by atoms with van der Waals surface area (Å²) in [6, 6.07) is 12.5. The number of H-pyrrole nitrogens is 1. The predicted octanol–water partition coefficient (Wildman–Crippen LogP) is 6.41. The Morgan fingerprint density at radius 2 is 2.11 bits per heavy atom. The third-order valence-corrected chi connectivity index (χ3v) is 6.63. The van der Waals surface area contributed by atoms with Gasteiger partial charge in [0, 0.05) is 32.7 Å². The summed E-state index contributed by atoms with van der Waals surface area (Å²) in [6.45, 7) is 1.96. The Balaban J connectivity index is 1.82. The molecule has 0 radical (unpaired) electrons. The molecule has 0 unspecified atom stereocenters. The number of pyridine rings is 1. The number of nitrogens with zero attached hydrogens (tertiary/aromatic N) is 1. The van der Waals surface area contributed by atoms with E-state index in [0.29, 0.717) is 10.6 Å². The number of halogens is 1. The van der Waals surface area contributed by atoms with Gasteiger partial charge in [-0.2, -0.15) is 0 Å². The van der Waals surface area contributed by atoms with Gasteiger partial charge in [0.1, 0.15) is 11.9 Å². The molecule has 1 aliphatic rings. The van der Waals surface area contributed by atoms with Gasteiger partial charge < -0.3 is 4.98 Å². The molecule has 5 rings (SSSR count). The number of rotatable bonds is 4. The second-order valence-electron chi connectivity index (χ2n) is 7.03. The highest BCUT2D eigenvalue weighted by Crippen LogP contribution is 2.42. The van der Waals surface area contributed by atoms with Gasteiger partial charge in [-0.15, -0.1) is 11.8 Å². The summed E-state index contributed by atoms with van der Waals surface area (Å²) in [5, 5.41) is 3.40. The molecule has 5 heteroatoms. The van der Waals surface area contributed by atoms with Gasteiger partial charge >= 0.3 is 0 Å². The molecule has 2 aromatic carbocycles. The number of hydrogen-bond donors (Lipinski definition) is 1. The highest BCUT2D eigenvalue weighted by atomic mass is 35.5. The Kier molecular flexibility index (Phi) is 3.99. The number of thioether (sulfide) groups is 1. The van der Waals surface area contributed by atoms with Gasteiger partial charge in [0.05, 0.1) is 10.5 Å². The Bertz CT molecular complexity index is 1210. The number of aldehydes is 1. The first-order valence-corrected chi connectivity index (χ1v) is 10.2. The number of carbonyl (C=O) groups is 1. The third-order valence-electron chi connectivity index (χ3n) is 5.09. The summed E-state index contributed by atoms with van der Waals surface area (Å²) < 4.78 is 0. The molecule has 0 bridgehead atoms. The van der Waals surface area contributed by atoms with E-state index in [1.54, 1.807) is 6.20 Å². The van der Waals surface area contributed by atoms with E-state index in [0.717, 1.165) is 50.2 Å². The maximum Gasteiger partial charge on any atom is 0.150 e. The molecule has 0 saturated heterocycles. The van der Waals surface area contributed by atoms with E-state index >= 15 is 0 Å². The second kappa shape index (κ2) is 6.39. The van der Waals surface area contributed by atoms with Crippen LogP contribution in [0.4, 0.5) is 0 Å². The average molecular weight is 393 g/mol. The van der Waals surface area contributed by atoms with Gasteiger partial charge in [0.15, 0.2) is 0 Å². The average Bonchev–Trinajstić information content (AvgIpc) is 3.40. The van der Waals surface area contributed by atoms with Crippen LogP contribution in [-0.4, -0.2) is 21.5 Å². The van der Waals surface area contributed by atoms with E-state index in [-0.39, 0.29) is 0 Å². The normalized spacial score (nSPS) is 14.1. The smallest absolute Gasteiger partial charge is 0.150 e. The minimum atomic E-state index is 0.601. The van der Waals surface area contributed by atoms with Crippen molar-refractivity contribution in [2.75, 3.05) is 0 Å². The predicted molar refractivity (Wildman–Crippen MR) is 113 cm³/mol. The van der Waals surface area contributed by atoms with Crippen molar-refractivity contribution >= 4 is 51.6 Å². The summed E-state index contributed by atoms with van der Waals surface area (Å²) in [6.07, 6.45) is 5.16. The summed E-state index contributed by atoms with van der Waals surface area (Å²) in [4.78, 5) is 20.8. The van der Waals surface area contributed by atoms with Gasteiger partial charge in [0.25, 0.3) is 0 Å². The Hall–Kier alpha value is -2.30. The van der Waals surface area contributed by atoms with E-state index in [1.165, 1.54) is 17.7 Å². The minimum absolute atomic E-state index is 0.601. The molecule has 1 fully saturated rings. The van der Waals surface area contributed by atoms with E-state index in [1.807, 2.05) is 30.8 Å². The SMILES string of the molecule is Cc1c(C=O)cc(-c2cccc(SC3CC3)c2)c2c1[nH]c1ncc(Cl)cc12. The highest BCUT2D eigenvalue weighted by Gasteiger charge is 2.23. The van der Waals surface area contributed by atoms with Crippen LogP contribution in [-0.2, 0) is 0 Å². The molecule has 2 aromatic heterocycles. The van der Waals surface area contributed by atoms with Gasteiger partial charge in [-0.3, -0.25) is 4.79 Å². The highest BCUT2D eigenvalue weighted by molar-refractivity contribution is 8.00. The zero-order chi connectivity index (χ0) is 18.5. The summed E-state index contributed by atoms with van der Waals surface area (Å²) >= 11 is 8.16. The van der Waals surface area contributed by atoms with Crippen LogP contribution >= 0.6 is 23.4 Å². The van der Waals surface area contributed by atoms with Crippen LogP contribution in [0.3, 0.4) is 0 Å². The first kappa shape index (κ1) is 16.8. The Labute approximate surface area is 166 Å². The molecular weight excluding hydrogens is 376 g/mol. The van der Waals surface area contributed by atoms with E-state index < -0.39 is 0 Å². The number of carbonyl (C=O) groups excluding carboxylic acids is 1. The van der Waals surface area contributed by atoms with Crippen LogP contribution in [0.1, 0.15) is 28.8 Å². The fourth-order valence-corrected chi connectivity index (χ4v) is 4.82. The standard InChI is InChI=1S/C22H17ClN2OS/c1-12-14(11-26)8-18(13-3-2-4-17(7-13)27-16-5-6-16)20-19-9-15(23)10-24-22(19)25-21(12)20/h2-4,7-11,16H,5-6H2,1H3,(H,24,25). The number of hydrogen-bond acceptors (Lipinski definition) is 3. The molecular formula is C22H17ClN2OS. The Morgan fingerprint density at radius 1 is 1.26 bits per heavy atom. The number of aromatic amines is 1. The molecule has 2 heterocycles. The maximum absolute atomic E-state index is 11.7. The number of nitrogens with one attached hydrogen (secondary N) is 1. The van der Waals surface area contributed by atoms with Crippen LogP contribution in [0.15, 0.2) is 47.5 Å². The number of aromatic nitrogens is 2. The molecule has 3 nitrogen and oxygen atoms in total. The first-order valence-electron chi connectivity index (χ1n) is 8.97. The number of benzene rings is 2. The lowest BCUT2D eigenvalue weighted by molar-refractivity contribution is 0.112. The van der Waals surface area contributed by atoms with Crippen molar-refractivity contribution < 1.29 is 4.79 Å². The van der Waals surface area contributed by atoms with Crippen molar-refractivity contribution in [1.82, 2.24) is 9.97 Å². The fraction of sp³-hybridized carbons (Fsp3) is 0.182. The number of aryl methyl sites for hydroxylation is 1. The minimum Gasteiger partial charge on any atom is -0.339 e. The van der Waals surface area contributed by atoms with Gasteiger partial charge in [-0.05, 0) is 60.7 Å². The van der Waals surface area contributed by atoms with Crippen LogP contribution in [0.5, 0.6) is 0 Å². The molecule has 1 saturated carbocycles. The number of fused-ring (bicyclic) bond motifs is 3. The summed E-state index contributed by atoms with van der Waals surface area (Å²) in [5.74, 6) is 0. The molecule has 4 aromatic rings. The monoisotopic (exact) mass is 392 g/mol. The van der Waals surface area contributed by atoms with Crippen molar-refractivity contribution in [3.8, 4) is 11.1 Å². The van der Waals surface area contributed by atoms with Gasteiger partial charge in [-0.25, -0.2) is 4.98 Å². The van der Waals surface area contributed by atoms with Crippen LogP contribution in [0, 0.1) is 6.92 Å². The topological polar surface area (TPSA) is 45.8 Å². The molecule has 134 valence electrons. The maximum atomic E-state index is 11.7. The lowest BCUT2D eigenvalue weighted by atomic mass is 9.94. The van der Waals surface area contributed by atoms with Crippen LogP contribution in [0.25, 0.3) is 33.1 Å². The fourth-order valence-electron chi connectivity index (χ4n) is 3.55. The molecule has 27 heavy (non-hydrogen) atoms. The first-order chi connectivity index (χ1) is 13.1. The van der Waals surface area contributed by atoms with Crippen LogP contribution in [0.2, 0.25) is 5.02 Å². The van der Waals surface area contributed by atoms with Gasteiger partial charge in [-0.1, -0.05) is 23.7 Å². The molecule has 0 amide bonds. The van der Waals surface area contributed by atoms with Crippen molar-refractivity contribution in [3.63, 3.8) is 0 Å². The molecule has 0 atom stereocenters. The molecule has 0 spiro atoms. The summed E-state index contributed by atoms with van der Waals surface area (Å²) in [7, 11) is 0. The Morgan fingerprint density at radius 3 is 2.89 bits per heavy atom. The molecule has 1 aliphatic carbocycles. The van der Waals surface area contributed by atoms with Crippen molar-refractivity contribution in [1.29, 1.82) is 0 Å². The van der Waals surface area contributed by atoms with E-state index in [9.17, 15) is 4.79 Å². The lowest BCUT2D eigenvalue weighted by Crippen LogP contribution is -1.91. The van der Waals surface area contributed by atoms with Crippen molar-refractivity contribution in [2.45, 2.75) is 29.9 Å². The second-order valence-corrected chi connectivity index (χ2v) is 8.84. The van der Waals surface area contributed by atoms with Crippen LogP contribution < -0.4 is 0 Å². The van der Waals surface area contributed by atoms with Crippen molar-refractivity contribution in [3.05, 3.63) is 58.7 Å². The molecule has 0 aliphatic heterocycles. The lowest BCUT2D eigenvalue weighted by Gasteiger charge is -2.10. The molecule has 1 N–H and O–H groups in total. The van der Waals surface area contributed by atoms with Crippen molar-refractivity contribution in [2.24, 2.45) is 0 Å². The zero-order valence-corrected chi connectivity index (χ0v) is 16.3.